The minimum Gasteiger partial charge on any atom is -0.454 e. The molecule has 0 aromatic heterocycles. The van der Waals surface area contributed by atoms with Gasteiger partial charge in [0.2, 0.25) is 0 Å². The fraction of sp³-hybridized carbons (Fsp3) is 0. The molecule has 0 amide bonds. The number of nitrogens with zero attached hydrogens (tertiary/aromatic N) is 2. The van der Waals surface area contributed by atoms with Crippen molar-refractivity contribution in [3.8, 4) is 23.6 Å². The van der Waals surface area contributed by atoms with Crippen LogP contribution in [0.25, 0.3) is 0 Å². The summed E-state index contributed by atoms with van der Waals surface area (Å²) >= 11 is 0. The summed E-state index contributed by atoms with van der Waals surface area (Å²) < 4.78 is 18.8. The first-order chi connectivity index (χ1) is 9.15. The van der Waals surface area contributed by atoms with Gasteiger partial charge >= 0.3 is 0 Å². The van der Waals surface area contributed by atoms with Crippen molar-refractivity contribution >= 4 is 5.69 Å². The van der Waals surface area contributed by atoms with E-state index < -0.39 is 5.82 Å². The fourth-order valence-electron chi connectivity index (χ4n) is 1.54. The summed E-state index contributed by atoms with van der Waals surface area (Å²) in [5.41, 5.74) is 5.99. The lowest BCUT2D eigenvalue weighted by atomic mass is 10.2. The minimum atomic E-state index is -0.672. The van der Waals surface area contributed by atoms with Crippen LogP contribution in [0.4, 0.5) is 10.1 Å². The number of nitriles is 2. The van der Waals surface area contributed by atoms with Gasteiger partial charge in [-0.3, -0.25) is 0 Å². The number of hydrogen-bond acceptors (Lipinski definition) is 4. The quantitative estimate of drug-likeness (QED) is 0.834. The van der Waals surface area contributed by atoms with E-state index in [2.05, 4.69) is 0 Å². The van der Waals surface area contributed by atoms with Crippen LogP contribution in [-0.4, -0.2) is 0 Å². The van der Waals surface area contributed by atoms with Crippen molar-refractivity contribution in [2.24, 2.45) is 0 Å². The lowest BCUT2D eigenvalue weighted by molar-refractivity contribution is 0.473. The van der Waals surface area contributed by atoms with Gasteiger partial charge in [0, 0.05) is 5.69 Å². The summed E-state index contributed by atoms with van der Waals surface area (Å²) in [7, 11) is 0. The van der Waals surface area contributed by atoms with Crippen molar-refractivity contribution in [1.29, 1.82) is 10.5 Å². The first-order valence-electron chi connectivity index (χ1n) is 5.32. The SMILES string of the molecule is N#Cc1cc(N)ccc1Oc1cccc(F)c1C#N. The van der Waals surface area contributed by atoms with Gasteiger partial charge in [-0.05, 0) is 30.3 Å². The molecule has 0 aliphatic heterocycles. The molecule has 0 saturated carbocycles. The van der Waals surface area contributed by atoms with Crippen molar-refractivity contribution in [1.82, 2.24) is 0 Å². The van der Waals surface area contributed by atoms with E-state index in [1.54, 1.807) is 12.1 Å². The van der Waals surface area contributed by atoms with Gasteiger partial charge in [-0.1, -0.05) is 6.07 Å². The molecule has 0 bridgehead atoms. The number of halogens is 1. The summed E-state index contributed by atoms with van der Waals surface area (Å²) in [5, 5.41) is 17.9. The molecule has 2 N–H and O–H groups in total. The van der Waals surface area contributed by atoms with E-state index in [-0.39, 0.29) is 22.6 Å². The third kappa shape index (κ3) is 2.46. The Morgan fingerprint density at radius 3 is 2.53 bits per heavy atom. The molecule has 0 radical (unpaired) electrons. The second-order valence-corrected chi connectivity index (χ2v) is 3.69. The molecule has 0 heterocycles. The van der Waals surface area contributed by atoms with Crippen LogP contribution in [0.5, 0.6) is 11.5 Å². The Labute approximate surface area is 109 Å². The van der Waals surface area contributed by atoms with Crippen LogP contribution in [0, 0.1) is 28.5 Å². The molecule has 19 heavy (non-hydrogen) atoms. The van der Waals surface area contributed by atoms with E-state index in [0.717, 1.165) is 0 Å². The van der Waals surface area contributed by atoms with E-state index in [9.17, 15) is 4.39 Å². The number of nitrogen functional groups attached to an aromatic ring is 1. The van der Waals surface area contributed by atoms with Gasteiger partial charge < -0.3 is 10.5 Å². The molecule has 0 aliphatic rings. The van der Waals surface area contributed by atoms with Crippen molar-refractivity contribution < 1.29 is 9.13 Å². The Bertz CT molecular complexity index is 714. The van der Waals surface area contributed by atoms with Gasteiger partial charge in [0.25, 0.3) is 0 Å². The first-order valence-corrected chi connectivity index (χ1v) is 5.32. The molecule has 4 nitrogen and oxygen atoms in total. The van der Waals surface area contributed by atoms with Gasteiger partial charge in [-0.25, -0.2) is 4.39 Å². The maximum Gasteiger partial charge on any atom is 0.148 e. The molecule has 0 saturated heterocycles. The van der Waals surface area contributed by atoms with Crippen molar-refractivity contribution in [3.05, 3.63) is 53.3 Å². The van der Waals surface area contributed by atoms with Crippen LogP contribution >= 0.6 is 0 Å². The number of anilines is 1. The Morgan fingerprint density at radius 2 is 1.84 bits per heavy atom. The van der Waals surface area contributed by atoms with Crippen LogP contribution in [-0.2, 0) is 0 Å². The van der Waals surface area contributed by atoms with Gasteiger partial charge in [0.1, 0.15) is 35.0 Å². The van der Waals surface area contributed by atoms with Crippen molar-refractivity contribution in [3.63, 3.8) is 0 Å². The topological polar surface area (TPSA) is 82.8 Å². The molecule has 92 valence electrons. The molecule has 5 heteroatoms. The van der Waals surface area contributed by atoms with Crippen LogP contribution in [0.15, 0.2) is 36.4 Å². The minimum absolute atomic E-state index is 0.0590. The van der Waals surface area contributed by atoms with Crippen molar-refractivity contribution in [2.75, 3.05) is 5.73 Å². The molecular formula is C14H8FN3O. The molecule has 0 fully saturated rings. The van der Waals surface area contributed by atoms with E-state index in [0.29, 0.717) is 5.69 Å². The van der Waals surface area contributed by atoms with Crippen molar-refractivity contribution in [2.45, 2.75) is 0 Å². The fourth-order valence-corrected chi connectivity index (χ4v) is 1.54. The van der Waals surface area contributed by atoms with Gasteiger partial charge in [0.15, 0.2) is 0 Å². The van der Waals surface area contributed by atoms with Gasteiger partial charge in [-0.2, -0.15) is 10.5 Å². The second kappa shape index (κ2) is 5.07. The monoisotopic (exact) mass is 253 g/mol. The molecule has 0 aliphatic carbocycles. The summed E-state index contributed by atoms with van der Waals surface area (Å²) in [4.78, 5) is 0. The first kappa shape index (κ1) is 12.4. The molecule has 0 unspecified atom stereocenters. The summed E-state index contributed by atoms with van der Waals surface area (Å²) in [6, 6.07) is 12.2. The zero-order valence-electron chi connectivity index (χ0n) is 9.72. The smallest absolute Gasteiger partial charge is 0.148 e. The highest BCUT2D eigenvalue weighted by Crippen LogP contribution is 2.29. The largest absolute Gasteiger partial charge is 0.454 e. The molecule has 0 spiro atoms. The lowest BCUT2D eigenvalue weighted by Gasteiger charge is -2.09. The highest BCUT2D eigenvalue weighted by molar-refractivity contribution is 5.55. The summed E-state index contributed by atoms with van der Waals surface area (Å²) in [5.74, 6) is -0.392. The normalized spacial score (nSPS) is 9.42. The number of benzene rings is 2. The molecular weight excluding hydrogens is 245 g/mol. The average Bonchev–Trinajstić information content (AvgIpc) is 2.41. The number of hydrogen-bond donors (Lipinski definition) is 1. The highest BCUT2D eigenvalue weighted by Gasteiger charge is 2.12. The molecule has 2 rings (SSSR count). The van der Waals surface area contributed by atoms with Gasteiger partial charge in [-0.15, -0.1) is 0 Å². The number of ether oxygens (including phenoxy) is 1. The second-order valence-electron chi connectivity index (χ2n) is 3.69. The van der Waals surface area contributed by atoms with Gasteiger partial charge in [0.05, 0.1) is 5.56 Å². The zero-order valence-corrected chi connectivity index (χ0v) is 9.72. The zero-order chi connectivity index (χ0) is 13.8. The van der Waals surface area contributed by atoms with Crippen LogP contribution in [0.1, 0.15) is 11.1 Å². The van der Waals surface area contributed by atoms with Crippen LogP contribution in [0.3, 0.4) is 0 Å². The predicted molar refractivity (Wildman–Crippen MR) is 66.8 cm³/mol. The molecule has 2 aromatic carbocycles. The Morgan fingerprint density at radius 1 is 1.05 bits per heavy atom. The number of nitrogens with two attached hydrogens (primary N) is 1. The van der Waals surface area contributed by atoms with Crippen LogP contribution in [0.2, 0.25) is 0 Å². The summed E-state index contributed by atoms with van der Waals surface area (Å²) in [6.45, 7) is 0. The van der Waals surface area contributed by atoms with Crippen LogP contribution < -0.4 is 10.5 Å². The Balaban J connectivity index is 2.46. The Kier molecular flexibility index (Phi) is 3.31. The maximum atomic E-state index is 13.4. The standard InChI is InChI=1S/C14H8FN3O/c15-12-2-1-3-14(11(12)8-17)19-13-5-4-10(18)6-9(13)7-16/h1-6H,18H2. The summed E-state index contributed by atoms with van der Waals surface area (Å²) in [6.07, 6.45) is 0. The average molecular weight is 253 g/mol. The third-order valence-electron chi connectivity index (χ3n) is 2.43. The molecule has 2 aromatic rings. The maximum absolute atomic E-state index is 13.4. The predicted octanol–water partition coefficient (Wildman–Crippen LogP) is 2.94. The Hall–Kier alpha value is -3.05. The lowest BCUT2D eigenvalue weighted by Crippen LogP contribution is -1.94. The highest BCUT2D eigenvalue weighted by atomic mass is 19.1. The van der Waals surface area contributed by atoms with E-state index in [1.165, 1.54) is 30.3 Å². The van der Waals surface area contributed by atoms with E-state index >= 15 is 0 Å². The number of rotatable bonds is 2. The van der Waals surface area contributed by atoms with E-state index in [1.807, 2.05) is 6.07 Å². The molecule has 0 atom stereocenters. The third-order valence-corrected chi connectivity index (χ3v) is 2.43. The van der Waals surface area contributed by atoms with E-state index in [4.69, 9.17) is 21.0 Å².